The molecule has 1 aromatic carbocycles. The maximum atomic E-state index is 12.8. The Labute approximate surface area is 166 Å². The molecule has 0 radical (unpaired) electrons. The molecule has 1 unspecified atom stereocenters. The number of hydrogen-bond acceptors (Lipinski definition) is 4. The van der Waals surface area contributed by atoms with Crippen LogP contribution in [-0.2, 0) is 5.41 Å². The molecule has 3 heterocycles. The molecule has 1 atom stereocenters. The van der Waals surface area contributed by atoms with Gasteiger partial charge < -0.3 is 9.42 Å². The molecule has 5 heteroatoms. The van der Waals surface area contributed by atoms with E-state index in [0.29, 0.717) is 17.4 Å². The Morgan fingerprint density at radius 2 is 1.86 bits per heavy atom. The van der Waals surface area contributed by atoms with Crippen LogP contribution in [0.25, 0.3) is 0 Å². The number of hydrogen-bond donors (Lipinski definition) is 0. The van der Waals surface area contributed by atoms with Crippen LogP contribution in [0.2, 0.25) is 0 Å². The number of likely N-dealkylation sites (tertiary alicyclic amines) is 2. The summed E-state index contributed by atoms with van der Waals surface area (Å²) in [4.78, 5) is 17.5. The number of aromatic nitrogens is 1. The number of amides is 1. The maximum absolute atomic E-state index is 12.8. The van der Waals surface area contributed by atoms with E-state index in [4.69, 9.17) is 4.52 Å². The van der Waals surface area contributed by atoms with Crippen molar-refractivity contribution in [2.75, 3.05) is 26.2 Å². The topological polar surface area (TPSA) is 49.6 Å². The number of nitrogens with zero attached hydrogens (tertiary/aromatic N) is 3. The molecule has 5 rings (SSSR count). The van der Waals surface area contributed by atoms with Crippen molar-refractivity contribution in [1.82, 2.24) is 15.0 Å². The van der Waals surface area contributed by atoms with Crippen molar-refractivity contribution in [1.29, 1.82) is 0 Å². The van der Waals surface area contributed by atoms with Gasteiger partial charge in [0.25, 0.3) is 5.91 Å². The highest BCUT2D eigenvalue weighted by Gasteiger charge is 2.44. The fourth-order valence-corrected chi connectivity index (χ4v) is 5.74. The Hall–Kier alpha value is -2.14. The van der Waals surface area contributed by atoms with E-state index >= 15 is 0 Å². The van der Waals surface area contributed by atoms with Crippen molar-refractivity contribution < 1.29 is 9.32 Å². The van der Waals surface area contributed by atoms with Gasteiger partial charge in [0.1, 0.15) is 11.3 Å². The van der Waals surface area contributed by atoms with E-state index < -0.39 is 0 Å². The van der Waals surface area contributed by atoms with Crippen LogP contribution in [0, 0.1) is 6.92 Å². The third-order valence-electron chi connectivity index (χ3n) is 7.36. The molecular weight excluding hydrogens is 350 g/mol. The first kappa shape index (κ1) is 17.9. The van der Waals surface area contributed by atoms with E-state index in [1.807, 2.05) is 11.8 Å². The lowest BCUT2D eigenvalue weighted by Crippen LogP contribution is -2.47. The Kier molecular flexibility index (Phi) is 4.50. The van der Waals surface area contributed by atoms with Crippen LogP contribution < -0.4 is 0 Å². The quantitative estimate of drug-likeness (QED) is 0.789. The summed E-state index contributed by atoms with van der Waals surface area (Å²) in [6.07, 6.45) is 8.81. The van der Waals surface area contributed by atoms with E-state index in [1.54, 1.807) is 17.3 Å². The first-order valence-corrected chi connectivity index (χ1v) is 10.7. The van der Waals surface area contributed by atoms with Crippen molar-refractivity contribution in [2.45, 2.75) is 56.9 Å². The lowest BCUT2D eigenvalue weighted by Gasteiger charge is -2.48. The molecule has 2 aromatic rings. The average Bonchev–Trinajstić information content (AvgIpc) is 3.41. The highest BCUT2D eigenvalue weighted by Crippen LogP contribution is 2.50. The summed E-state index contributed by atoms with van der Waals surface area (Å²) in [5.74, 6) is 0.675. The van der Waals surface area contributed by atoms with Crippen LogP contribution in [0.15, 0.2) is 35.0 Å². The van der Waals surface area contributed by atoms with Gasteiger partial charge in [0.05, 0.1) is 6.20 Å². The van der Waals surface area contributed by atoms with E-state index in [0.717, 1.165) is 25.9 Å². The lowest BCUT2D eigenvalue weighted by molar-refractivity contribution is 0.0631. The molecule has 1 amide bonds. The second-order valence-corrected chi connectivity index (χ2v) is 8.75. The number of aryl methyl sites for hydroxylation is 1. The van der Waals surface area contributed by atoms with Gasteiger partial charge in [-0.1, -0.05) is 29.4 Å². The smallest absolute Gasteiger partial charge is 0.259 e. The Balaban J connectivity index is 1.37. The average molecular weight is 380 g/mol. The summed E-state index contributed by atoms with van der Waals surface area (Å²) in [5, 5.41) is 3.77. The van der Waals surface area contributed by atoms with Crippen molar-refractivity contribution in [3.8, 4) is 0 Å². The Morgan fingerprint density at radius 3 is 2.57 bits per heavy atom. The van der Waals surface area contributed by atoms with Crippen molar-refractivity contribution in [2.24, 2.45) is 0 Å². The van der Waals surface area contributed by atoms with Crippen LogP contribution in [-0.4, -0.2) is 47.0 Å². The predicted octanol–water partition coefficient (Wildman–Crippen LogP) is 4.09. The molecule has 148 valence electrons. The number of carbonyl (C=O) groups excluding carboxylic acids is 1. The third kappa shape index (κ3) is 2.87. The van der Waals surface area contributed by atoms with E-state index in [9.17, 15) is 4.79 Å². The SMILES string of the molecule is Cc1oncc1C(=O)N1CCC2(CCC(N3CCCC3)c3ccccc32)CC1. The number of benzene rings is 1. The van der Waals surface area contributed by atoms with Gasteiger partial charge in [-0.25, -0.2) is 0 Å². The van der Waals surface area contributed by atoms with E-state index in [2.05, 4.69) is 34.3 Å². The van der Waals surface area contributed by atoms with Crippen LogP contribution in [0.3, 0.4) is 0 Å². The molecule has 0 bridgehead atoms. The zero-order valence-corrected chi connectivity index (χ0v) is 16.7. The minimum absolute atomic E-state index is 0.0626. The van der Waals surface area contributed by atoms with Crippen LogP contribution in [0.4, 0.5) is 0 Å². The lowest BCUT2D eigenvalue weighted by atomic mass is 9.63. The van der Waals surface area contributed by atoms with Gasteiger partial charge >= 0.3 is 0 Å². The molecule has 0 N–H and O–H groups in total. The van der Waals surface area contributed by atoms with Gasteiger partial charge in [-0.2, -0.15) is 0 Å². The summed E-state index contributed by atoms with van der Waals surface area (Å²) in [5.41, 5.74) is 3.93. The monoisotopic (exact) mass is 379 g/mol. The first-order chi connectivity index (χ1) is 13.7. The molecule has 2 aliphatic heterocycles. The third-order valence-corrected chi connectivity index (χ3v) is 7.36. The molecule has 1 spiro atoms. The summed E-state index contributed by atoms with van der Waals surface area (Å²) in [6.45, 7) is 5.92. The summed E-state index contributed by atoms with van der Waals surface area (Å²) in [6, 6.07) is 9.71. The number of carbonyl (C=O) groups is 1. The fourth-order valence-electron chi connectivity index (χ4n) is 5.74. The summed E-state index contributed by atoms with van der Waals surface area (Å²) < 4.78 is 5.09. The van der Waals surface area contributed by atoms with Gasteiger partial charge in [-0.15, -0.1) is 0 Å². The second kappa shape index (κ2) is 7.03. The zero-order valence-electron chi connectivity index (χ0n) is 16.7. The van der Waals surface area contributed by atoms with Crippen molar-refractivity contribution in [3.05, 3.63) is 52.9 Å². The molecule has 1 aliphatic carbocycles. The Bertz CT molecular complexity index is 860. The van der Waals surface area contributed by atoms with Gasteiger partial charge in [-0.05, 0) is 75.1 Å². The number of piperidine rings is 1. The van der Waals surface area contributed by atoms with Crippen LogP contribution in [0.5, 0.6) is 0 Å². The Morgan fingerprint density at radius 1 is 1.11 bits per heavy atom. The number of rotatable bonds is 2. The highest BCUT2D eigenvalue weighted by molar-refractivity contribution is 5.94. The zero-order chi connectivity index (χ0) is 19.1. The number of fused-ring (bicyclic) bond motifs is 2. The van der Waals surface area contributed by atoms with Crippen LogP contribution in [0.1, 0.15) is 71.8 Å². The summed E-state index contributed by atoms with van der Waals surface area (Å²) in [7, 11) is 0. The summed E-state index contributed by atoms with van der Waals surface area (Å²) >= 11 is 0. The van der Waals surface area contributed by atoms with Crippen molar-refractivity contribution >= 4 is 5.91 Å². The molecule has 2 saturated heterocycles. The first-order valence-electron chi connectivity index (χ1n) is 10.7. The maximum Gasteiger partial charge on any atom is 0.259 e. The molecule has 0 saturated carbocycles. The van der Waals surface area contributed by atoms with Crippen molar-refractivity contribution in [3.63, 3.8) is 0 Å². The van der Waals surface area contributed by atoms with Gasteiger partial charge in [0.15, 0.2) is 0 Å². The minimum atomic E-state index is 0.0626. The minimum Gasteiger partial charge on any atom is -0.361 e. The normalized spacial score (nSPS) is 24.5. The second-order valence-electron chi connectivity index (χ2n) is 8.75. The molecule has 3 aliphatic rings. The van der Waals surface area contributed by atoms with E-state index in [1.165, 1.54) is 38.8 Å². The van der Waals surface area contributed by atoms with Gasteiger partial charge in [-0.3, -0.25) is 9.69 Å². The molecule has 28 heavy (non-hydrogen) atoms. The molecular formula is C23H29N3O2. The van der Waals surface area contributed by atoms with Crippen LogP contribution >= 0.6 is 0 Å². The van der Waals surface area contributed by atoms with Gasteiger partial charge in [0, 0.05) is 19.1 Å². The largest absolute Gasteiger partial charge is 0.361 e. The predicted molar refractivity (Wildman–Crippen MR) is 107 cm³/mol. The van der Waals surface area contributed by atoms with E-state index in [-0.39, 0.29) is 11.3 Å². The van der Waals surface area contributed by atoms with Gasteiger partial charge in [0.2, 0.25) is 0 Å². The fraction of sp³-hybridized carbons (Fsp3) is 0.565. The molecule has 1 aromatic heterocycles. The molecule has 5 nitrogen and oxygen atoms in total. The standard InChI is InChI=1S/C23H29N3O2/c1-17-19(16-24-28-17)22(27)26-14-10-23(11-15-26)9-8-21(25-12-4-5-13-25)18-6-2-3-7-20(18)23/h2-3,6-7,16,21H,4-5,8-15H2,1H3. The molecule has 2 fully saturated rings. The highest BCUT2D eigenvalue weighted by atomic mass is 16.5.